The molecule has 0 bridgehead atoms. The zero-order chi connectivity index (χ0) is 10.9. The molecule has 4 nitrogen and oxygen atoms in total. The molecule has 1 saturated carbocycles. The fraction of sp³-hybridized carbons (Fsp3) is 0.909. The van der Waals surface area contributed by atoms with Crippen molar-refractivity contribution in [3.05, 3.63) is 0 Å². The zero-order valence-electron chi connectivity index (χ0n) is 9.70. The fourth-order valence-corrected chi connectivity index (χ4v) is 2.04. The quantitative estimate of drug-likeness (QED) is 0.547. The summed E-state index contributed by atoms with van der Waals surface area (Å²) >= 11 is 0. The van der Waals surface area contributed by atoms with Gasteiger partial charge in [0.05, 0.1) is 11.6 Å². The Kier molecular flexibility index (Phi) is 2.87. The maximum Gasteiger partial charge on any atom is 0.191 e. The lowest BCUT2D eigenvalue weighted by Gasteiger charge is -2.39. The van der Waals surface area contributed by atoms with E-state index in [0.717, 1.165) is 25.9 Å². The highest BCUT2D eigenvalue weighted by Crippen LogP contribution is 2.26. The Hall–Kier alpha value is -0.770. The third kappa shape index (κ3) is 2.62. The van der Waals surface area contributed by atoms with Gasteiger partial charge in [-0.2, -0.15) is 0 Å². The Labute approximate surface area is 91.5 Å². The first kappa shape index (κ1) is 10.7. The first-order chi connectivity index (χ1) is 7.13. The van der Waals surface area contributed by atoms with Crippen LogP contribution in [0.15, 0.2) is 4.99 Å². The highest BCUT2D eigenvalue weighted by molar-refractivity contribution is 5.78. The van der Waals surface area contributed by atoms with Crippen molar-refractivity contribution in [3.63, 3.8) is 0 Å². The molecule has 1 atom stereocenters. The van der Waals surface area contributed by atoms with Crippen LogP contribution in [-0.4, -0.2) is 42.7 Å². The molecule has 0 amide bonds. The summed E-state index contributed by atoms with van der Waals surface area (Å²) in [6.45, 7) is 4.02. The van der Waals surface area contributed by atoms with Crippen molar-refractivity contribution in [3.8, 4) is 0 Å². The molecule has 1 saturated heterocycles. The van der Waals surface area contributed by atoms with E-state index in [2.05, 4.69) is 16.8 Å². The van der Waals surface area contributed by atoms with E-state index in [9.17, 15) is 0 Å². The number of ether oxygens (including phenoxy) is 1. The van der Waals surface area contributed by atoms with Crippen molar-refractivity contribution in [2.45, 2.75) is 44.2 Å². The Morgan fingerprint density at radius 3 is 2.87 bits per heavy atom. The lowest BCUT2D eigenvalue weighted by atomic mass is 9.95. The lowest BCUT2D eigenvalue weighted by molar-refractivity contribution is -0.0351. The number of nitrogens with zero attached hydrogens (tertiary/aromatic N) is 2. The maximum absolute atomic E-state index is 5.99. The highest BCUT2D eigenvalue weighted by atomic mass is 16.5. The topological polar surface area (TPSA) is 50.9 Å². The van der Waals surface area contributed by atoms with E-state index in [1.165, 1.54) is 12.8 Å². The molecule has 2 aliphatic rings. The van der Waals surface area contributed by atoms with Gasteiger partial charge in [-0.3, -0.25) is 0 Å². The molecule has 0 aromatic rings. The van der Waals surface area contributed by atoms with Gasteiger partial charge in [0.15, 0.2) is 5.96 Å². The Bertz CT molecular complexity index is 263. The number of hydrogen-bond donors (Lipinski definition) is 1. The van der Waals surface area contributed by atoms with E-state index < -0.39 is 0 Å². The van der Waals surface area contributed by atoms with Crippen molar-refractivity contribution in [2.24, 2.45) is 10.7 Å². The number of guanidine groups is 1. The first-order valence-corrected chi connectivity index (χ1v) is 5.76. The van der Waals surface area contributed by atoms with E-state index in [4.69, 9.17) is 10.5 Å². The van der Waals surface area contributed by atoms with Gasteiger partial charge in [0.1, 0.15) is 0 Å². The van der Waals surface area contributed by atoms with Crippen LogP contribution >= 0.6 is 0 Å². The molecule has 15 heavy (non-hydrogen) atoms. The molecule has 4 heteroatoms. The van der Waals surface area contributed by atoms with Gasteiger partial charge in [-0.05, 0) is 32.6 Å². The molecule has 0 spiro atoms. The van der Waals surface area contributed by atoms with Crippen LogP contribution < -0.4 is 5.73 Å². The summed E-state index contributed by atoms with van der Waals surface area (Å²) in [4.78, 5) is 6.63. The van der Waals surface area contributed by atoms with Gasteiger partial charge in [0, 0.05) is 20.2 Å². The van der Waals surface area contributed by atoms with E-state index in [0.29, 0.717) is 12.0 Å². The largest absolute Gasteiger partial charge is 0.377 e. The summed E-state index contributed by atoms with van der Waals surface area (Å²) < 4.78 is 5.53. The molecule has 2 N–H and O–H groups in total. The molecule has 2 fully saturated rings. The number of likely N-dealkylation sites (tertiary alicyclic amines) is 1. The molecular formula is C11H21N3O. The van der Waals surface area contributed by atoms with Gasteiger partial charge < -0.3 is 15.4 Å². The first-order valence-electron chi connectivity index (χ1n) is 5.76. The minimum absolute atomic E-state index is 0.0536. The Balaban J connectivity index is 1.97. The molecule has 0 aromatic carbocycles. The van der Waals surface area contributed by atoms with E-state index in [1.807, 2.05) is 0 Å². The second-order valence-corrected chi connectivity index (χ2v) is 4.90. The molecule has 1 heterocycles. The summed E-state index contributed by atoms with van der Waals surface area (Å²) in [5.74, 6) is 0.709. The summed E-state index contributed by atoms with van der Waals surface area (Å²) in [6, 6.07) is 0.501. The van der Waals surface area contributed by atoms with Crippen molar-refractivity contribution in [2.75, 3.05) is 20.2 Å². The fourth-order valence-electron chi connectivity index (χ4n) is 2.04. The second kappa shape index (κ2) is 4.00. The average Bonchev–Trinajstić information content (AvgIpc) is 3.02. The third-order valence-electron chi connectivity index (χ3n) is 3.34. The number of piperidine rings is 1. The van der Waals surface area contributed by atoms with Gasteiger partial charge in [0.25, 0.3) is 0 Å². The molecule has 0 aromatic heterocycles. The summed E-state index contributed by atoms with van der Waals surface area (Å²) in [5, 5.41) is 0. The SMILES string of the molecule is COC1(C)CCCN(C(N)=NC2CC2)C1. The Morgan fingerprint density at radius 1 is 1.53 bits per heavy atom. The number of rotatable bonds is 2. The molecule has 2 rings (SSSR count). The van der Waals surface area contributed by atoms with Crippen molar-refractivity contribution in [1.82, 2.24) is 4.90 Å². The highest BCUT2D eigenvalue weighted by Gasteiger charge is 2.32. The molecular weight excluding hydrogens is 190 g/mol. The van der Waals surface area contributed by atoms with Crippen LogP contribution in [0.1, 0.15) is 32.6 Å². The van der Waals surface area contributed by atoms with Crippen LogP contribution in [0.4, 0.5) is 0 Å². The zero-order valence-corrected chi connectivity index (χ0v) is 9.70. The molecule has 1 aliphatic heterocycles. The van der Waals surface area contributed by atoms with Crippen molar-refractivity contribution < 1.29 is 4.74 Å². The Morgan fingerprint density at radius 2 is 2.27 bits per heavy atom. The van der Waals surface area contributed by atoms with Crippen LogP contribution in [-0.2, 0) is 4.74 Å². The molecule has 0 radical (unpaired) electrons. The lowest BCUT2D eigenvalue weighted by Crippen LogP contribution is -2.52. The molecule has 1 aliphatic carbocycles. The van der Waals surface area contributed by atoms with Crippen LogP contribution in [0.5, 0.6) is 0 Å². The minimum atomic E-state index is -0.0536. The van der Waals surface area contributed by atoms with E-state index in [-0.39, 0.29) is 5.60 Å². The normalized spacial score (nSPS) is 33.2. The number of nitrogens with two attached hydrogens (primary N) is 1. The second-order valence-electron chi connectivity index (χ2n) is 4.90. The molecule has 86 valence electrons. The number of aliphatic imine (C=N–C) groups is 1. The van der Waals surface area contributed by atoms with Crippen LogP contribution in [0.2, 0.25) is 0 Å². The predicted molar refractivity (Wildman–Crippen MR) is 60.9 cm³/mol. The van der Waals surface area contributed by atoms with Gasteiger partial charge in [0.2, 0.25) is 0 Å². The van der Waals surface area contributed by atoms with Gasteiger partial charge in [-0.1, -0.05) is 0 Å². The van der Waals surface area contributed by atoms with E-state index in [1.54, 1.807) is 7.11 Å². The van der Waals surface area contributed by atoms with Crippen molar-refractivity contribution >= 4 is 5.96 Å². The molecule has 1 unspecified atom stereocenters. The van der Waals surface area contributed by atoms with Crippen LogP contribution in [0, 0.1) is 0 Å². The number of methoxy groups -OCH3 is 1. The van der Waals surface area contributed by atoms with Gasteiger partial charge in [-0.15, -0.1) is 0 Å². The van der Waals surface area contributed by atoms with Gasteiger partial charge in [-0.25, -0.2) is 4.99 Å². The van der Waals surface area contributed by atoms with Crippen LogP contribution in [0.3, 0.4) is 0 Å². The summed E-state index contributed by atoms with van der Waals surface area (Å²) in [6.07, 6.45) is 4.65. The predicted octanol–water partition coefficient (Wildman–Crippen LogP) is 0.964. The van der Waals surface area contributed by atoms with Crippen LogP contribution in [0.25, 0.3) is 0 Å². The van der Waals surface area contributed by atoms with Crippen molar-refractivity contribution in [1.29, 1.82) is 0 Å². The third-order valence-corrected chi connectivity index (χ3v) is 3.34. The number of hydrogen-bond acceptors (Lipinski definition) is 2. The summed E-state index contributed by atoms with van der Waals surface area (Å²) in [7, 11) is 1.78. The van der Waals surface area contributed by atoms with Gasteiger partial charge >= 0.3 is 0 Å². The maximum atomic E-state index is 5.99. The monoisotopic (exact) mass is 211 g/mol. The minimum Gasteiger partial charge on any atom is -0.377 e. The smallest absolute Gasteiger partial charge is 0.191 e. The summed E-state index contributed by atoms with van der Waals surface area (Å²) in [5.41, 5.74) is 5.93. The average molecular weight is 211 g/mol. The standard InChI is InChI=1S/C11H21N3O/c1-11(15-2)6-3-7-14(8-11)10(12)13-9-4-5-9/h9H,3-8H2,1-2H3,(H2,12,13). The van der Waals surface area contributed by atoms with E-state index >= 15 is 0 Å².